The van der Waals surface area contributed by atoms with Crippen LogP contribution < -0.4 is 5.32 Å². The summed E-state index contributed by atoms with van der Waals surface area (Å²) in [6.45, 7) is 4.56. The maximum absolute atomic E-state index is 10.6. The van der Waals surface area contributed by atoms with Gasteiger partial charge in [0, 0.05) is 12.2 Å². The molecule has 2 aromatic rings. The number of anilines is 1. The first-order chi connectivity index (χ1) is 10.5. The fourth-order valence-corrected chi connectivity index (χ4v) is 1.86. The van der Waals surface area contributed by atoms with Crippen LogP contribution in [0.5, 0.6) is 0 Å². The Hall–Kier alpha value is -2.82. The Morgan fingerprint density at radius 2 is 1.41 bits per heavy atom. The lowest BCUT2D eigenvalue weighted by Crippen LogP contribution is -2.06. The molecule has 5 heteroatoms. The van der Waals surface area contributed by atoms with Gasteiger partial charge in [-0.25, -0.2) is 9.59 Å². The second kappa shape index (κ2) is 8.46. The zero-order valence-corrected chi connectivity index (χ0v) is 12.5. The third-order valence-corrected chi connectivity index (χ3v) is 2.95. The van der Waals surface area contributed by atoms with E-state index >= 15 is 0 Å². The summed E-state index contributed by atoms with van der Waals surface area (Å²) in [5.41, 5.74) is 1.53. The largest absolute Gasteiger partial charge is 0.478 e. The van der Waals surface area contributed by atoms with Crippen molar-refractivity contribution in [2.45, 2.75) is 13.8 Å². The van der Waals surface area contributed by atoms with Gasteiger partial charge in [-0.05, 0) is 43.7 Å². The highest BCUT2D eigenvalue weighted by atomic mass is 16.4. The van der Waals surface area contributed by atoms with Crippen LogP contribution in [0.25, 0.3) is 0 Å². The molecule has 116 valence electrons. The monoisotopic (exact) mass is 301 g/mol. The van der Waals surface area contributed by atoms with E-state index in [9.17, 15) is 9.59 Å². The molecule has 0 aliphatic rings. The summed E-state index contributed by atoms with van der Waals surface area (Å²) in [5, 5.41) is 20.6. The summed E-state index contributed by atoms with van der Waals surface area (Å²) in [5.74, 6) is -2.22. The molecule has 0 heterocycles. The number of aromatic carboxylic acids is 2. The van der Waals surface area contributed by atoms with Crippen LogP contribution in [0.1, 0.15) is 33.2 Å². The molecule has 0 amide bonds. The Morgan fingerprint density at radius 1 is 0.909 bits per heavy atom. The Kier molecular flexibility index (Phi) is 6.63. The van der Waals surface area contributed by atoms with Crippen LogP contribution in [0.4, 0.5) is 5.69 Å². The highest BCUT2D eigenvalue weighted by molar-refractivity contribution is 5.96. The van der Waals surface area contributed by atoms with Crippen molar-refractivity contribution in [3.63, 3.8) is 0 Å². The SMILES string of the molecule is CCNc1ccccc1.Cc1c(C(=O)O)cccc1C(=O)O. The maximum atomic E-state index is 10.6. The predicted octanol–water partition coefficient (Wildman–Crippen LogP) is 3.51. The number of hydrogen-bond donors (Lipinski definition) is 3. The van der Waals surface area contributed by atoms with Gasteiger partial charge in [-0.1, -0.05) is 24.3 Å². The maximum Gasteiger partial charge on any atom is 0.335 e. The highest BCUT2D eigenvalue weighted by Crippen LogP contribution is 2.13. The van der Waals surface area contributed by atoms with E-state index in [1.807, 2.05) is 18.2 Å². The number of carboxylic acid groups (broad SMARTS) is 2. The molecule has 0 spiro atoms. The number of benzene rings is 2. The number of rotatable bonds is 4. The van der Waals surface area contributed by atoms with Crippen LogP contribution in [0, 0.1) is 6.92 Å². The third kappa shape index (κ3) is 4.94. The van der Waals surface area contributed by atoms with Crippen molar-refractivity contribution in [2.24, 2.45) is 0 Å². The van der Waals surface area contributed by atoms with Crippen LogP contribution in [0.3, 0.4) is 0 Å². The van der Waals surface area contributed by atoms with Crippen molar-refractivity contribution in [1.82, 2.24) is 0 Å². The molecule has 0 aliphatic heterocycles. The Balaban J connectivity index is 0.000000235. The lowest BCUT2D eigenvalue weighted by Gasteiger charge is -2.03. The second-order valence-corrected chi connectivity index (χ2v) is 4.48. The average Bonchev–Trinajstić information content (AvgIpc) is 2.49. The van der Waals surface area contributed by atoms with Gasteiger partial charge in [0.15, 0.2) is 0 Å². The lowest BCUT2D eigenvalue weighted by atomic mass is 10.0. The van der Waals surface area contributed by atoms with Gasteiger partial charge < -0.3 is 15.5 Å². The molecule has 22 heavy (non-hydrogen) atoms. The standard InChI is InChI=1S/C9H8O4.C8H11N/c1-5-6(8(10)11)3-2-4-7(5)9(12)13;1-2-9-8-6-4-3-5-7-8/h2-4H,1H3,(H,10,11)(H,12,13);3-7,9H,2H2,1H3. The summed E-state index contributed by atoms with van der Waals surface area (Å²) >= 11 is 0. The molecular formula is C17H19NO4. The topological polar surface area (TPSA) is 86.6 Å². The van der Waals surface area contributed by atoms with Crippen molar-refractivity contribution in [2.75, 3.05) is 11.9 Å². The first kappa shape index (κ1) is 17.2. The second-order valence-electron chi connectivity index (χ2n) is 4.48. The molecule has 0 aliphatic carbocycles. The molecule has 5 nitrogen and oxygen atoms in total. The molecule has 2 rings (SSSR count). The Labute approximate surface area is 129 Å². The van der Waals surface area contributed by atoms with Gasteiger partial charge in [-0.15, -0.1) is 0 Å². The molecule has 0 fully saturated rings. The normalized spacial score (nSPS) is 9.36. The number of para-hydroxylation sites is 1. The molecule has 2 aromatic carbocycles. The van der Waals surface area contributed by atoms with Gasteiger partial charge in [0.1, 0.15) is 0 Å². The summed E-state index contributed by atoms with van der Waals surface area (Å²) in [7, 11) is 0. The fraction of sp³-hybridized carbons (Fsp3) is 0.176. The number of carboxylic acids is 2. The summed E-state index contributed by atoms with van der Waals surface area (Å²) in [6.07, 6.45) is 0. The van der Waals surface area contributed by atoms with E-state index in [1.54, 1.807) is 0 Å². The van der Waals surface area contributed by atoms with Gasteiger partial charge in [0.2, 0.25) is 0 Å². The van der Waals surface area contributed by atoms with Gasteiger partial charge >= 0.3 is 11.9 Å². The minimum absolute atomic E-state index is 0.0277. The zero-order chi connectivity index (χ0) is 16.5. The van der Waals surface area contributed by atoms with Gasteiger partial charge in [0.05, 0.1) is 11.1 Å². The molecular weight excluding hydrogens is 282 g/mol. The van der Waals surface area contributed by atoms with Crippen LogP contribution in [0.15, 0.2) is 48.5 Å². The van der Waals surface area contributed by atoms with Gasteiger partial charge in [-0.2, -0.15) is 0 Å². The molecule has 0 radical (unpaired) electrons. The van der Waals surface area contributed by atoms with E-state index in [0.29, 0.717) is 0 Å². The van der Waals surface area contributed by atoms with E-state index in [-0.39, 0.29) is 16.7 Å². The van der Waals surface area contributed by atoms with Crippen molar-refractivity contribution in [3.05, 3.63) is 65.2 Å². The summed E-state index contributed by atoms with van der Waals surface area (Å²) in [6, 6.07) is 14.4. The minimum Gasteiger partial charge on any atom is -0.478 e. The van der Waals surface area contributed by atoms with Crippen molar-refractivity contribution < 1.29 is 19.8 Å². The number of carbonyl (C=O) groups is 2. The number of nitrogens with one attached hydrogen (secondary N) is 1. The number of hydrogen-bond acceptors (Lipinski definition) is 3. The van der Waals surface area contributed by atoms with Crippen molar-refractivity contribution in [1.29, 1.82) is 0 Å². The highest BCUT2D eigenvalue weighted by Gasteiger charge is 2.13. The van der Waals surface area contributed by atoms with Crippen LogP contribution in [-0.2, 0) is 0 Å². The third-order valence-electron chi connectivity index (χ3n) is 2.95. The molecule has 0 aromatic heterocycles. The van der Waals surface area contributed by atoms with E-state index < -0.39 is 11.9 Å². The zero-order valence-electron chi connectivity index (χ0n) is 12.5. The summed E-state index contributed by atoms with van der Waals surface area (Å²) in [4.78, 5) is 21.2. The fourth-order valence-electron chi connectivity index (χ4n) is 1.86. The van der Waals surface area contributed by atoms with E-state index in [4.69, 9.17) is 10.2 Å². The first-order valence-electron chi connectivity index (χ1n) is 6.82. The molecule has 0 saturated heterocycles. The predicted molar refractivity (Wildman–Crippen MR) is 85.7 cm³/mol. The molecule has 3 N–H and O–H groups in total. The minimum atomic E-state index is -1.11. The molecule has 0 atom stereocenters. The van der Waals surface area contributed by atoms with Crippen molar-refractivity contribution in [3.8, 4) is 0 Å². The lowest BCUT2D eigenvalue weighted by molar-refractivity contribution is 0.0696. The van der Waals surface area contributed by atoms with Crippen LogP contribution in [-0.4, -0.2) is 28.7 Å². The van der Waals surface area contributed by atoms with Gasteiger partial charge in [-0.3, -0.25) is 0 Å². The molecule has 0 unspecified atom stereocenters. The van der Waals surface area contributed by atoms with E-state index in [0.717, 1.165) is 6.54 Å². The van der Waals surface area contributed by atoms with Crippen LogP contribution in [0.2, 0.25) is 0 Å². The van der Waals surface area contributed by atoms with E-state index in [2.05, 4.69) is 24.4 Å². The molecule has 0 bridgehead atoms. The Morgan fingerprint density at radius 3 is 1.82 bits per heavy atom. The van der Waals surface area contributed by atoms with Crippen LogP contribution >= 0.6 is 0 Å². The quantitative estimate of drug-likeness (QED) is 0.804. The first-order valence-corrected chi connectivity index (χ1v) is 6.82. The van der Waals surface area contributed by atoms with Crippen molar-refractivity contribution >= 4 is 17.6 Å². The molecule has 0 saturated carbocycles. The summed E-state index contributed by atoms with van der Waals surface area (Å²) < 4.78 is 0. The smallest absolute Gasteiger partial charge is 0.335 e. The van der Waals surface area contributed by atoms with E-state index in [1.165, 1.54) is 30.8 Å². The average molecular weight is 301 g/mol. The Bertz CT molecular complexity index is 606. The van der Waals surface area contributed by atoms with Gasteiger partial charge in [0.25, 0.3) is 0 Å².